The minimum atomic E-state index is -0.0459. The number of carbonyl (C=O) groups excluding carboxylic acids is 1. The summed E-state index contributed by atoms with van der Waals surface area (Å²) < 4.78 is 0. The molecule has 1 aliphatic heterocycles. The molecular weight excluding hydrogens is 236 g/mol. The Labute approximate surface area is 116 Å². The minimum Gasteiger partial charge on any atom is -0.299 e. The first-order valence-electron chi connectivity index (χ1n) is 6.96. The Kier molecular flexibility index (Phi) is 4.07. The zero-order chi connectivity index (χ0) is 14.0. The number of rotatable bonds is 3. The van der Waals surface area contributed by atoms with Crippen LogP contribution in [0.2, 0.25) is 0 Å². The Morgan fingerprint density at radius 2 is 1.84 bits per heavy atom. The third kappa shape index (κ3) is 3.04. The highest BCUT2D eigenvalue weighted by atomic mass is 16.1. The first-order chi connectivity index (χ1) is 8.92. The van der Waals surface area contributed by atoms with Gasteiger partial charge >= 0.3 is 0 Å². The van der Waals surface area contributed by atoms with E-state index in [9.17, 15) is 4.79 Å². The molecule has 1 heterocycles. The van der Waals surface area contributed by atoms with E-state index in [0.717, 1.165) is 25.2 Å². The van der Waals surface area contributed by atoms with E-state index in [1.54, 1.807) is 0 Å². The quantitative estimate of drug-likeness (QED) is 0.779. The van der Waals surface area contributed by atoms with Crippen molar-refractivity contribution >= 4 is 5.78 Å². The molecule has 1 aromatic rings. The van der Waals surface area contributed by atoms with Crippen LogP contribution in [-0.2, 0) is 0 Å². The maximum atomic E-state index is 12.5. The molecule has 1 unspecified atom stereocenters. The fraction of sp³-hybridized carbons (Fsp3) is 0.562. The number of likely N-dealkylation sites (N-methyl/N-ethyl adjacent to an activating group) is 1. The maximum absolute atomic E-state index is 12.5. The average molecular weight is 260 g/mol. The summed E-state index contributed by atoms with van der Waals surface area (Å²) in [5.74, 6) is 0.223. The second-order valence-corrected chi connectivity index (χ2v) is 6.11. The van der Waals surface area contributed by atoms with Crippen LogP contribution in [0.5, 0.6) is 0 Å². The number of benzene rings is 1. The molecule has 0 N–H and O–H groups in total. The van der Waals surface area contributed by atoms with Crippen LogP contribution in [0.1, 0.15) is 31.1 Å². The summed E-state index contributed by atoms with van der Waals surface area (Å²) in [5, 5.41) is 0. The lowest BCUT2D eigenvalue weighted by Gasteiger charge is -2.47. The SMILES string of the molecule is CC(C(=O)c1ccccc1)N1CCN(C)C(C)(C)C1. The van der Waals surface area contributed by atoms with Crippen LogP contribution in [0.15, 0.2) is 30.3 Å². The molecule has 0 bridgehead atoms. The van der Waals surface area contributed by atoms with Gasteiger partial charge in [-0.25, -0.2) is 0 Å². The monoisotopic (exact) mass is 260 g/mol. The predicted molar refractivity (Wildman–Crippen MR) is 78.5 cm³/mol. The first-order valence-corrected chi connectivity index (χ1v) is 6.96. The topological polar surface area (TPSA) is 23.6 Å². The Balaban J connectivity index is 2.08. The van der Waals surface area contributed by atoms with Crippen molar-refractivity contribution in [2.45, 2.75) is 32.4 Å². The van der Waals surface area contributed by atoms with Gasteiger partial charge in [-0.05, 0) is 27.8 Å². The molecule has 1 atom stereocenters. The third-order valence-corrected chi connectivity index (χ3v) is 4.33. The molecule has 1 fully saturated rings. The van der Waals surface area contributed by atoms with E-state index in [1.807, 2.05) is 37.3 Å². The number of hydrogen-bond acceptors (Lipinski definition) is 3. The van der Waals surface area contributed by atoms with Gasteiger partial charge in [-0.2, -0.15) is 0 Å². The number of ketones is 1. The molecule has 2 rings (SSSR count). The van der Waals surface area contributed by atoms with Crippen LogP contribution in [-0.4, -0.2) is 53.8 Å². The van der Waals surface area contributed by atoms with Crippen LogP contribution in [0, 0.1) is 0 Å². The van der Waals surface area contributed by atoms with Crippen LogP contribution in [0.4, 0.5) is 0 Å². The van der Waals surface area contributed by atoms with Gasteiger partial charge in [-0.3, -0.25) is 14.6 Å². The highest BCUT2D eigenvalue weighted by Crippen LogP contribution is 2.21. The number of piperazine rings is 1. The second-order valence-electron chi connectivity index (χ2n) is 6.11. The predicted octanol–water partition coefficient (Wildman–Crippen LogP) is 2.28. The van der Waals surface area contributed by atoms with Gasteiger partial charge in [0.15, 0.2) is 5.78 Å². The second kappa shape index (κ2) is 5.43. The van der Waals surface area contributed by atoms with Gasteiger partial charge in [0.1, 0.15) is 0 Å². The van der Waals surface area contributed by atoms with Crippen molar-refractivity contribution in [1.82, 2.24) is 9.80 Å². The number of hydrogen-bond donors (Lipinski definition) is 0. The van der Waals surface area contributed by atoms with E-state index in [1.165, 1.54) is 0 Å². The van der Waals surface area contributed by atoms with E-state index >= 15 is 0 Å². The van der Waals surface area contributed by atoms with Crippen molar-refractivity contribution in [3.8, 4) is 0 Å². The van der Waals surface area contributed by atoms with Crippen molar-refractivity contribution in [2.75, 3.05) is 26.7 Å². The molecule has 0 aliphatic carbocycles. The van der Waals surface area contributed by atoms with Gasteiger partial charge in [0.25, 0.3) is 0 Å². The van der Waals surface area contributed by atoms with Gasteiger partial charge in [0.05, 0.1) is 6.04 Å². The molecule has 3 nitrogen and oxygen atoms in total. The number of carbonyl (C=O) groups is 1. The highest BCUT2D eigenvalue weighted by Gasteiger charge is 2.34. The Morgan fingerprint density at radius 1 is 1.21 bits per heavy atom. The van der Waals surface area contributed by atoms with Gasteiger partial charge in [0, 0.05) is 30.7 Å². The van der Waals surface area contributed by atoms with Crippen molar-refractivity contribution in [3.05, 3.63) is 35.9 Å². The maximum Gasteiger partial charge on any atom is 0.179 e. The summed E-state index contributed by atoms with van der Waals surface area (Å²) in [4.78, 5) is 17.1. The Morgan fingerprint density at radius 3 is 2.42 bits per heavy atom. The van der Waals surface area contributed by atoms with Gasteiger partial charge in [-0.15, -0.1) is 0 Å². The number of Topliss-reactive ketones (excluding diaryl/α,β-unsaturated/α-hetero) is 1. The molecule has 0 aromatic heterocycles. The van der Waals surface area contributed by atoms with Crippen LogP contribution in [0.25, 0.3) is 0 Å². The normalized spacial score (nSPS) is 22.1. The molecule has 0 spiro atoms. The van der Waals surface area contributed by atoms with E-state index in [4.69, 9.17) is 0 Å². The lowest BCUT2D eigenvalue weighted by molar-refractivity contribution is 0.0212. The zero-order valence-corrected chi connectivity index (χ0v) is 12.4. The van der Waals surface area contributed by atoms with Crippen molar-refractivity contribution in [3.63, 3.8) is 0 Å². The summed E-state index contributed by atoms with van der Waals surface area (Å²) in [6, 6.07) is 9.55. The summed E-state index contributed by atoms with van der Waals surface area (Å²) in [5.41, 5.74) is 0.940. The molecule has 1 aliphatic rings. The molecular formula is C16H24N2O. The standard InChI is InChI=1S/C16H24N2O/c1-13(15(19)14-8-6-5-7-9-14)18-11-10-17(4)16(2,3)12-18/h5-9,13H,10-12H2,1-4H3. The summed E-state index contributed by atoms with van der Waals surface area (Å²) in [7, 11) is 2.15. The van der Waals surface area contributed by atoms with Crippen LogP contribution in [0.3, 0.4) is 0 Å². The molecule has 0 saturated carbocycles. The van der Waals surface area contributed by atoms with Crippen LogP contribution < -0.4 is 0 Å². The summed E-state index contributed by atoms with van der Waals surface area (Å²) >= 11 is 0. The smallest absolute Gasteiger partial charge is 0.179 e. The molecule has 19 heavy (non-hydrogen) atoms. The average Bonchev–Trinajstić information content (AvgIpc) is 2.41. The lowest BCUT2D eigenvalue weighted by atomic mass is 9.96. The number of nitrogens with zero attached hydrogens (tertiary/aromatic N) is 2. The molecule has 1 aromatic carbocycles. The fourth-order valence-electron chi connectivity index (χ4n) is 2.62. The molecule has 0 amide bonds. The molecule has 0 radical (unpaired) electrons. The van der Waals surface area contributed by atoms with Gasteiger partial charge in [-0.1, -0.05) is 30.3 Å². The van der Waals surface area contributed by atoms with Crippen molar-refractivity contribution in [2.24, 2.45) is 0 Å². The van der Waals surface area contributed by atoms with E-state index in [0.29, 0.717) is 0 Å². The lowest BCUT2D eigenvalue weighted by Crippen LogP contribution is -2.60. The van der Waals surface area contributed by atoms with E-state index in [-0.39, 0.29) is 17.4 Å². The van der Waals surface area contributed by atoms with Crippen LogP contribution >= 0.6 is 0 Å². The van der Waals surface area contributed by atoms with E-state index < -0.39 is 0 Å². The van der Waals surface area contributed by atoms with Gasteiger partial charge in [0.2, 0.25) is 0 Å². The molecule has 1 saturated heterocycles. The summed E-state index contributed by atoms with van der Waals surface area (Å²) in [6.07, 6.45) is 0. The van der Waals surface area contributed by atoms with Crippen molar-refractivity contribution in [1.29, 1.82) is 0 Å². The zero-order valence-electron chi connectivity index (χ0n) is 12.4. The molecule has 104 valence electrons. The third-order valence-electron chi connectivity index (χ3n) is 4.33. The van der Waals surface area contributed by atoms with E-state index in [2.05, 4.69) is 30.7 Å². The minimum absolute atomic E-state index is 0.0459. The van der Waals surface area contributed by atoms with Crippen molar-refractivity contribution < 1.29 is 4.79 Å². The first kappa shape index (κ1) is 14.2. The largest absolute Gasteiger partial charge is 0.299 e. The Bertz CT molecular complexity index is 441. The summed E-state index contributed by atoms with van der Waals surface area (Å²) in [6.45, 7) is 9.40. The highest BCUT2D eigenvalue weighted by molar-refractivity contribution is 5.99. The molecule has 3 heteroatoms. The van der Waals surface area contributed by atoms with Gasteiger partial charge < -0.3 is 0 Å². The Hall–Kier alpha value is -1.19. The fourth-order valence-corrected chi connectivity index (χ4v) is 2.62.